The fraction of sp³-hybridized carbons (Fsp3) is 0.545. The highest BCUT2D eigenvalue weighted by molar-refractivity contribution is 9.10. The predicted molar refractivity (Wildman–Crippen MR) is 69.9 cm³/mol. The van der Waals surface area contributed by atoms with Crippen LogP contribution in [0.25, 0.3) is 0 Å². The average molecular weight is 384 g/mol. The largest absolute Gasteiger partial charge is 0.345 e. The number of hydrogen-bond donors (Lipinski definition) is 0. The predicted octanol–water partition coefficient (Wildman–Crippen LogP) is 2.55. The highest BCUT2D eigenvalue weighted by Gasteiger charge is 2.23. The fourth-order valence-corrected chi connectivity index (χ4v) is 2.74. The van der Waals surface area contributed by atoms with Gasteiger partial charge in [0.15, 0.2) is 0 Å². The van der Waals surface area contributed by atoms with E-state index in [0.717, 1.165) is 11.1 Å². The zero-order chi connectivity index (χ0) is 13.0. The van der Waals surface area contributed by atoms with Crippen LogP contribution in [-0.2, 0) is 24.3 Å². The first kappa shape index (κ1) is 14.0. The summed E-state index contributed by atoms with van der Waals surface area (Å²) in [7, 11) is 0. The van der Waals surface area contributed by atoms with Crippen LogP contribution in [0.1, 0.15) is 12.8 Å². The van der Waals surface area contributed by atoms with Crippen molar-refractivity contribution >= 4 is 37.6 Å². The number of ketones is 1. The van der Waals surface area contributed by atoms with Crippen LogP contribution in [0.3, 0.4) is 0 Å². The van der Waals surface area contributed by atoms with Crippen LogP contribution in [0.15, 0.2) is 23.7 Å². The van der Waals surface area contributed by atoms with Crippen molar-refractivity contribution in [2.45, 2.75) is 22.5 Å². The molecule has 0 fully saturated rings. The maximum atomic E-state index is 11.9. The molecule has 2 atom stereocenters. The lowest BCUT2D eigenvalue weighted by Gasteiger charge is -2.11. The van der Waals surface area contributed by atoms with E-state index in [-0.39, 0.29) is 15.4 Å². The molecule has 100 valence electrons. The maximum absolute atomic E-state index is 11.9. The van der Waals surface area contributed by atoms with E-state index >= 15 is 0 Å². The van der Waals surface area contributed by atoms with Gasteiger partial charge in [0, 0.05) is 33.6 Å². The summed E-state index contributed by atoms with van der Waals surface area (Å²) in [5.74, 6) is 0.138. The Labute approximate surface area is 121 Å². The second-order valence-corrected chi connectivity index (χ2v) is 6.19. The number of rotatable bonds is 6. The second kappa shape index (κ2) is 6.70. The molecule has 0 aromatic carbocycles. The van der Waals surface area contributed by atoms with Crippen LogP contribution in [0.4, 0.5) is 0 Å². The fourth-order valence-electron chi connectivity index (χ4n) is 1.54. The first-order valence-electron chi connectivity index (χ1n) is 5.41. The lowest BCUT2D eigenvalue weighted by atomic mass is 10.0. The molecule has 2 aliphatic heterocycles. The number of hydrogen-bond acceptors (Lipinski definition) is 5. The summed E-state index contributed by atoms with van der Waals surface area (Å²) in [5.41, 5.74) is 1.86. The standard InChI is InChI=1S/C11H12Br2O5/c12-10(7-3-15-16-4-7)1-9(14)2-11(13)8-5-17-18-6-8/h3,5,10-11H,1-2,4,6H2. The van der Waals surface area contributed by atoms with Crippen molar-refractivity contribution in [2.24, 2.45) is 0 Å². The minimum Gasteiger partial charge on any atom is -0.345 e. The van der Waals surface area contributed by atoms with Crippen LogP contribution in [0.2, 0.25) is 0 Å². The average Bonchev–Trinajstić information content (AvgIpc) is 3.02. The summed E-state index contributed by atoms with van der Waals surface area (Å²) in [6, 6.07) is 0. The third kappa shape index (κ3) is 3.81. The van der Waals surface area contributed by atoms with Crippen molar-refractivity contribution in [3.8, 4) is 0 Å². The molecule has 2 unspecified atom stereocenters. The lowest BCUT2D eigenvalue weighted by Crippen LogP contribution is -2.16. The Balaban J connectivity index is 1.77. The Hall–Kier alpha value is -0.370. The van der Waals surface area contributed by atoms with Crippen molar-refractivity contribution in [3.05, 3.63) is 23.7 Å². The molecule has 0 aromatic rings. The molecule has 0 saturated carbocycles. The van der Waals surface area contributed by atoms with Crippen LogP contribution in [0.5, 0.6) is 0 Å². The van der Waals surface area contributed by atoms with Gasteiger partial charge in [0.25, 0.3) is 0 Å². The molecular formula is C11H12Br2O5. The van der Waals surface area contributed by atoms with E-state index in [4.69, 9.17) is 9.78 Å². The molecule has 0 N–H and O–H groups in total. The quantitative estimate of drug-likeness (QED) is 0.521. The molecule has 0 amide bonds. The van der Waals surface area contributed by atoms with Gasteiger partial charge >= 0.3 is 0 Å². The molecule has 2 aliphatic rings. The number of halogens is 2. The first-order chi connectivity index (χ1) is 8.66. The second-order valence-electron chi connectivity index (χ2n) is 3.98. The van der Waals surface area contributed by atoms with Gasteiger partial charge in [0.1, 0.15) is 31.5 Å². The maximum Gasteiger partial charge on any atom is 0.135 e. The number of carbonyl (C=O) groups excluding carboxylic acids is 1. The topological polar surface area (TPSA) is 54.0 Å². The number of alkyl halides is 2. The van der Waals surface area contributed by atoms with Gasteiger partial charge in [-0.2, -0.15) is 9.78 Å². The third-order valence-electron chi connectivity index (χ3n) is 2.60. The van der Waals surface area contributed by atoms with E-state index in [1.807, 2.05) is 0 Å². The molecule has 0 saturated heterocycles. The summed E-state index contributed by atoms with van der Waals surface area (Å²) in [5, 5.41) is 0. The monoisotopic (exact) mass is 382 g/mol. The van der Waals surface area contributed by atoms with E-state index in [1.165, 1.54) is 12.5 Å². The Bertz CT molecular complexity index is 346. The first-order valence-corrected chi connectivity index (χ1v) is 7.24. The lowest BCUT2D eigenvalue weighted by molar-refractivity contribution is -0.221. The van der Waals surface area contributed by atoms with Gasteiger partial charge in [-0.05, 0) is 0 Å². The zero-order valence-electron chi connectivity index (χ0n) is 9.43. The van der Waals surface area contributed by atoms with Gasteiger partial charge in [-0.3, -0.25) is 4.79 Å². The summed E-state index contributed by atoms with van der Waals surface area (Å²) >= 11 is 6.90. The molecular weight excluding hydrogens is 372 g/mol. The van der Waals surface area contributed by atoms with Gasteiger partial charge in [-0.15, -0.1) is 0 Å². The van der Waals surface area contributed by atoms with Gasteiger partial charge in [-0.1, -0.05) is 31.9 Å². The molecule has 2 rings (SSSR count). The van der Waals surface area contributed by atoms with Crippen molar-refractivity contribution in [3.63, 3.8) is 0 Å². The Morgan fingerprint density at radius 3 is 1.83 bits per heavy atom. The molecule has 18 heavy (non-hydrogen) atoms. The minimum atomic E-state index is -0.0442. The van der Waals surface area contributed by atoms with Crippen molar-refractivity contribution < 1.29 is 24.3 Å². The summed E-state index contributed by atoms with van der Waals surface area (Å²) < 4.78 is 0. The Kier molecular flexibility index (Phi) is 5.23. The number of carbonyl (C=O) groups is 1. The SMILES string of the molecule is O=C(CC(Br)C1=COOC1)CC(Br)C1=COOC1. The highest BCUT2D eigenvalue weighted by atomic mass is 79.9. The molecule has 5 nitrogen and oxygen atoms in total. The van der Waals surface area contributed by atoms with Crippen molar-refractivity contribution in [1.29, 1.82) is 0 Å². The van der Waals surface area contributed by atoms with E-state index in [1.54, 1.807) is 0 Å². The van der Waals surface area contributed by atoms with Gasteiger partial charge < -0.3 is 9.78 Å². The van der Waals surface area contributed by atoms with Crippen molar-refractivity contribution in [1.82, 2.24) is 0 Å². The van der Waals surface area contributed by atoms with Gasteiger partial charge in [0.05, 0.1) is 0 Å². The van der Waals surface area contributed by atoms with Crippen LogP contribution in [-0.4, -0.2) is 28.7 Å². The smallest absolute Gasteiger partial charge is 0.135 e. The van der Waals surface area contributed by atoms with E-state index < -0.39 is 0 Å². The Morgan fingerprint density at radius 1 is 1.06 bits per heavy atom. The molecule has 0 aliphatic carbocycles. The zero-order valence-corrected chi connectivity index (χ0v) is 12.6. The minimum absolute atomic E-state index is 0.0442. The summed E-state index contributed by atoms with van der Waals surface area (Å²) in [4.78, 5) is 30.6. The highest BCUT2D eigenvalue weighted by Crippen LogP contribution is 2.25. The normalized spacial score (nSPS) is 21.7. The third-order valence-corrected chi connectivity index (χ3v) is 4.43. The molecule has 0 radical (unpaired) electrons. The summed E-state index contributed by atoms with van der Waals surface area (Å²) in [6.45, 7) is 0.793. The van der Waals surface area contributed by atoms with E-state index in [2.05, 4.69) is 41.6 Å². The van der Waals surface area contributed by atoms with Gasteiger partial charge in [-0.25, -0.2) is 0 Å². The van der Waals surface area contributed by atoms with Crippen LogP contribution < -0.4 is 0 Å². The van der Waals surface area contributed by atoms with Crippen LogP contribution >= 0.6 is 31.9 Å². The molecule has 0 spiro atoms. The van der Waals surface area contributed by atoms with E-state index in [9.17, 15) is 4.79 Å². The van der Waals surface area contributed by atoms with Gasteiger partial charge in [0.2, 0.25) is 0 Å². The van der Waals surface area contributed by atoms with Crippen LogP contribution in [0, 0.1) is 0 Å². The van der Waals surface area contributed by atoms with Crippen molar-refractivity contribution in [2.75, 3.05) is 13.2 Å². The Morgan fingerprint density at radius 2 is 1.50 bits per heavy atom. The molecule has 0 bridgehead atoms. The number of Topliss-reactive ketones (excluding diaryl/α,β-unsaturated/α-hetero) is 1. The van der Waals surface area contributed by atoms with E-state index in [0.29, 0.717) is 26.1 Å². The summed E-state index contributed by atoms with van der Waals surface area (Å²) in [6.07, 6.45) is 3.85. The molecule has 7 heteroatoms. The molecule has 2 heterocycles. The molecule has 0 aromatic heterocycles.